The first-order valence-electron chi connectivity index (χ1n) is 5.29. The standard InChI is InChI=1S/C10H18F2N2O2S/c1-6(2)8(9(13)17)10(15)14-3-4-16-5-7(11)12/h6-8H,3-5H2,1-2H3,(H2,13,17)(H,14,15). The van der Waals surface area contributed by atoms with Crippen LogP contribution in [0.2, 0.25) is 0 Å². The molecule has 0 aliphatic rings. The molecule has 4 nitrogen and oxygen atoms in total. The molecule has 1 unspecified atom stereocenters. The number of hydrogen-bond acceptors (Lipinski definition) is 3. The largest absolute Gasteiger partial charge is 0.393 e. The minimum Gasteiger partial charge on any atom is -0.393 e. The maximum Gasteiger partial charge on any atom is 0.261 e. The van der Waals surface area contributed by atoms with Crippen LogP contribution in [0, 0.1) is 11.8 Å². The van der Waals surface area contributed by atoms with Gasteiger partial charge in [-0.1, -0.05) is 26.1 Å². The average Bonchev–Trinajstić information content (AvgIpc) is 2.15. The van der Waals surface area contributed by atoms with Crippen LogP contribution in [-0.4, -0.2) is 37.1 Å². The summed E-state index contributed by atoms with van der Waals surface area (Å²) >= 11 is 4.79. The van der Waals surface area contributed by atoms with Gasteiger partial charge in [0.25, 0.3) is 6.43 Å². The van der Waals surface area contributed by atoms with E-state index in [2.05, 4.69) is 10.1 Å². The van der Waals surface area contributed by atoms with Gasteiger partial charge in [-0.3, -0.25) is 4.79 Å². The van der Waals surface area contributed by atoms with Crippen molar-refractivity contribution in [1.29, 1.82) is 0 Å². The Bertz CT molecular complexity index is 263. The van der Waals surface area contributed by atoms with Crippen molar-refractivity contribution >= 4 is 23.1 Å². The van der Waals surface area contributed by atoms with E-state index in [-0.39, 0.29) is 30.0 Å². The van der Waals surface area contributed by atoms with Gasteiger partial charge < -0.3 is 15.8 Å². The zero-order valence-electron chi connectivity index (χ0n) is 9.91. The lowest BCUT2D eigenvalue weighted by Crippen LogP contribution is -2.41. The van der Waals surface area contributed by atoms with Crippen molar-refractivity contribution in [3.63, 3.8) is 0 Å². The van der Waals surface area contributed by atoms with E-state index in [0.29, 0.717) is 0 Å². The highest BCUT2D eigenvalue weighted by molar-refractivity contribution is 7.80. The summed E-state index contributed by atoms with van der Waals surface area (Å²) in [6.45, 7) is 3.24. The Morgan fingerprint density at radius 1 is 1.47 bits per heavy atom. The lowest BCUT2D eigenvalue weighted by molar-refractivity contribution is -0.124. The number of alkyl halides is 2. The number of nitrogens with one attached hydrogen (secondary N) is 1. The molecule has 1 amide bonds. The number of ether oxygens (including phenoxy) is 1. The predicted octanol–water partition coefficient (Wildman–Crippen LogP) is 0.943. The molecule has 0 aromatic carbocycles. The fourth-order valence-corrected chi connectivity index (χ4v) is 1.67. The molecule has 100 valence electrons. The van der Waals surface area contributed by atoms with Crippen LogP contribution in [0.25, 0.3) is 0 Å². The lowest BCUT2D eigenvalue weighted by atomic mass is 9.95. The van der Waals surface area contributed by atoms with Gasteiger partial charge in [0, 0.05) is 6.54 Å². The lowest BCUT2D eigenvalue weighted by Gasteiger charge is -2.18. The number of rotatable bonds is 8. The van der Waals surface area contributed by atoms with Crippen LogP contribution in [0.1, 0.15) is 13.8 Å². The van der Waals surface area contributed by atoms with Gasteiger partial charge in [-0.2, -0.15) is 0 Å². The number of carbonyl (C=O) groups excluding carboxylic acids is 1. The third-order valence-corrected chi connectivity index (χ3v) is 2.30. The summed E-state index contributed by atoms with van der Waals surface area (Å²) in [5.74, 6) is -0.845. The summed E-state index contributed by atoms with van der Waals surface area (Å²) < 4.78 is 28.0. The molecular formula is C10H18F2N2O2S. The van der Waals surface area contributed by atoms with Gasteiger partial charge in [0.2, 0.25) is 5.91 Å². The molecule has 17 heavy (non-hydrogen) atoms. The third kappa shape index (κ3) is 7.17. The minimum atomic E-state index is -2.49. The molecule has 0 aliphatic carbocycles. The summed E-state index contributed by atoms with van der Waals surface area (Å²) in [6, 6.07) is 0. The van der Waals surface area contributed by atoms with Crippen LogP contribution in [0.15, 0.2) is 0 Å². The van der Waals surface area contributed by atoms with E-state index in [1.807, 2.05) is 13.8 Å². The molecule has 0 saturated carbocycles. The van der Waals surface area contributed by atoms with Crippen molar-refractivity contribution in [2.45, 2.75) is 20.3 Å². The van der Waals surface area contributed by atoms with Crippen LogP contribution in [0.4, 0.5) is 8.78 Å². The van der Waals surface area contributed by atoms with E-state index in [0.717, 1.165) is 0 Å². The third-order valence-electron chi connectivity index (χ3n) is 2.05. The maximum atomic E-state index is 11.7. The Morgan fingerprint density at radius 2 is 2.06 bits per heavy atom. The van der Waals surface area contributed by atoms with E-state index in [9.17, 15) is 13.6 Å². The Labute approximate surface area is 105 Å². The number of halogens is 2. The molecule has 0 rings (SSSR count). The van der Waals surface area contributed by atoms with E-state index < -0.39 is 19.0 Å². The molecule has 1 atom stereocenters. The summed E-state index contributed by atoms with van der Waals surface area (Å²) in [5.41, 5.74) is 5.45. The van der Waals surface area contributed by atoms with E-state index in [4.69, 9.17) is 18.0 Å². The van der Waals surface area contributed by atoms with Crippen molar-refractivity contribution in [1.82, 2.24) is 5.32 Å². The van der Waals surface area contributed by atoms with E-state index in [1.165, 1.54) is 0 Å². The highest BCUT2D eigenvalue weighted by Gasteiger charge is 2.24. The predicted molar refractivity (Wildman–Crippen MR) is 64.9 cm³/mol. The number of nitrogens with two attached hydrogens (primary N) is 1. The number of hydrogen-bond donors (Lipinski definition) is 2. The average molecular weight is 268 g/mol. The zero-order chi connectivity index (χ0) is 13.4. The van der Waals surface area contributed by atoms with Gasteiger partial charge in [-0.25, -0.2) is 8.78 Å². The molecule has 7 heteroatoms. The summed E-state index contributed by atoms with van der Waals surface area (Å²) in [5, 5.41) is 2.54. The Kier molecular flexibility index (Phi) is 7.90. The van der Waals surface area contributed by atoms with Crippen LogP contribution < -0.4 is 11.1 Å². The molecule has 0 spiro atoms. The second-order valence-corrected chi connectivity index (χ2v) is 4.35. The Morgan fingerprint density at radius 3 is 2.47 bits per heavy atom. The van der Waals surface area contributed by atoms with Gasteiger partial charge in [-0.05, 0) is 5.92 Å². The highest BCUT2D eigenvalue weighted by Crippen LogP contribution is 2.11. The van der Waals surface area contributed by atoms with E-state index in [1.54, 1.807) is 0 Å². The summed E-state index contributed by atoms with van der Waals surface area (Å²) in [6.07, 6.45) is -2.49. The zero-order valence-corrected chi connectivity index (χ0v) is 10.7. The SMILES string of the molecule is CC(C)C(C(=O)NCCOCC(F)F)C(N)=S. The fourth-order valence-electron chi connectivity index (χ4n) is 1.29. The molecule has 0 aromatic rings. The van der Waals surface area contributed by atoms with Crippen LogP contribution >= 0.6 is 12.2 Å². The molecule has 0 saturated heterocycles. The molecular weight excluding hydrogens is 250 g/mol. The molecule has 0 bridgehead atoms. The van der Waals surface area contributed by atoms with Crippen LogP contribution in [0.5, 0.6) is 0 Å². The summed E-state index contributed by atoms with van der Waals surface area (Å²) in [4.78, 5) is 11.8. The first-order chi connectivity index (χ1) is 7.86. The Hall–Kier alpha value is -0.820. The van der Waals surface area contributed by atoms with Crippen LogP contribution in [-0.2, 0) is 9.53 Å². The monoisotopic (exact) mass is 268 g/mol. The first kappa shape index (κ1) is 16.2. The Balaban J connectivity index is 3.88. The highest BCUT2D eigenvalue weighted by atomic mass is 32.1. The van der Waals surface area contributed by atoms with Crippen molar-refractivity contribution in [3.8, 4) is 0 Å². The normalized spacial score (nSPS) is 12.8. The molecule has 0 radical (unpaired) electrons. The molecule has 0 heterocycles. The molecule has 0 fully saturated rings. The second-order valence-electron chi connectivity index (χ2n) is 3.88. The summed E-state index contributed by atoms with van der Waals surface area (Å²) in [7, 11) is 0. The van der Waals surface area contributed by atoms with Crippen molar-refractivity contribution in [2.75, 3.05) is 19.8 Å². The van der Waals surface area contributed by atoms with Crippen molar-refractivity contribution < 1.29 is 18.3 Å². The fraction of sp³-hybridized carbons (Fsp3) is 0.800. The van der Waals surface area contributed by atoms with Gasteiger partial charge in [0.05, 0.1) is 17.5 Å². The smallest absolute Gasteiger partial charge is 0.261 e. The van der Waals surface area contributed by atoms with Crippen LogP contribution in [0.3, 0.4) is 0 Å². The second kappa shape index (κ2) is 8.30. The molecule has 3 N–H and O–H groups in total. The van der Waals surface area contributed by atoms with Gasteiger partial charge in [0.15, 0.2) is 0 Å². The quantitative estimate of drug-likeness (QED) is 0.508. The molecule has 0 aromatic heterocycles. The van der Waals surface area contributed by atoms with Gasteiger partial charge in [-0.15, -0.1) is 0 Å². The van der Waals surface area contributed by atoms with Gasteiger partial charge in [0.1, 0.15) is 6.61 Å². The minimum absolute atomic E-state index is 0.00511. The van der Waals surface area contributed by atoms with E-state index >= 15 is 0 Å². The van der Waals surface area contributed by atoms with Gasteiger partial charge >= 0.3 is 0 Å². The number of thiocarbonyl (C=S) groups is 1. The maximum absolute atomic E-state index is 11.7. The van der Waals surface area contributed by atoms with Crippen molar-refractivity contribution in [3.05, 3.63) is 0 Å². The first-order valence-corrected chi connectivity index (χ1v) is 5.70. The topological polar surface area (TPSA) is 64.3 Å². The molecule has 0 aliphatic heterocycles. The number of carbonyl (C=O) groups is 1. The van der Waals surface area contributed by atoms with Crippen molar-refractivity contribution in [2.24, 2.45) is 17.6 Å². The number of amides is 1.